The van der Waals surface area contributed by atoms with Crippen molar-refractivity contribution < 1.29 is 0 Å². The summed E-state index contributed by atoms with van der Waals surface area (Å²) in [4.78, 5) is 2.67. The van der Waals surface area contributed by atoms with Gasteiger partial charge in [0.2, 0.25) is 0 Å². The topological polar surface area (TPSA) is 15.3 Å². The van der Waals surface area contributed by atoms with Gasteiger partial charge in [-0.15, -0.1) is 0 Å². The molecular weight excluding hydrogens is 208 g/mol. The van der Waals surface area contributed by atoms with E-state index >= 15 is 0 Å². The summed E-state index contributed by atoms with van der Waals surface area (Å²) in [6, 6.07) is 0.891. The summed E-state index contributed by atoms with van der Waals surface area (Å²) in [6.45, 7) is 9.43. The van der Waals surface area contributed by atoms with Crippen LogP contribution in [0, 0.1) is 0 Å². The zero-order valence-corrected chi connectivity index (χ0v) is 12.0. The van der Waals surface area contributed by atoms with Crippen molar-refractivity contribution in [3.63, 3.8) is 0 Å². The molecule has 1 aliphatic rings. The lowest BCUT2D eigenvalue weighted by atomic mass is 10.2. The van der Waals surface area contributed by atoms with Gasteiger partial charge in [-0.2, -0.15) is 0 Å². The van der Waals surface area contributed by atoms with E-state index in [4.69, 9.17) is 0 Å². The van der Waals surface area contributed by atoms with Crippen molar-refractivity contribution in [2.24, 2.45) is 0 Å². The zero-order chi connectivity index (χ0) is 12.3. The van der Waals surface area contributed by atoms with Crippen LogP contribution in [0.15, 0.2) is 0 Å². The van der Waals surface area contributed by atoms with Gasteiger partial charge in [-0.1, -0.05) is 46.0 Å². The number of likely N-dealkylation sites (N-methyl/N-ethyl adjacent to an activating group) is 1. The second kappa shape index (κ2) is 9.90. The van der Waals surface area contributed by atoms with Crippen LogP contribution < -0.4 is 5.32 Å². The first-order valence-electron chi connectivity index (χ1n) is 7.83. The van der Waals surface area contributed by atoms with E-state index in [2.05, 4.69) is 24.1 Å². The second-order valence-electron chi connectivity index (χ2n) is 5.38. The van der Waals surface area contributed by atoms with Gasteiger partial charge in [0.1, 0.15) is 0 Å². The number of nitrogens with one attached hydrogen (secondary N) is 1. The van der Waals surface area contributed by atoms with E-state index in [0.29, 0.717) is 0 Å². The molecule has 2 nitrogen and oxygen atoms in total. The van der Waals surface area contributed by atoms with Crippen LogP contribution in [-0.4, -0.2) is 37.1 Å². The fourth-order valence-corrected chi connectivity index (χ4v) is 2.89. The van der Waals surface area contributed by atoms with E-state index < -0.39 is 0 Å². The van der Waals surface area contributed by atoms with Crippen LogP contribution in [0.3, 0.4) is 0 Å². The molecule has 17 heavy (non-hydrogen) atoms. The predicted molar refractivity (Wildman–Crippen MR) is 76.5 cm³/mol. The molecule has 102 valence electrons. The van der Waals surface area contributed by atoms with Gasteiger partial charge in [-0.3, -0.25) is 4.90 Å². The molecule has 1 saturated carbocycles. The second-order valence-corrected chi connectivity index (χ2v) is 5.38. The van der Waals surface area contributed by atoms with Gasteiger partial charge < -0.3 is 5.32 Å². The number of rotatable bonds is 10. The number of unbranched alkanes of at least 4 members (excludes halogenated alkanes) is 3. The fourth-order valence-electron chi connectivity index (χ4n) is 2.89. The van der Waals surface area contributed by atoms with Crippen molar-refractivity contribution in [3.05, 3.63) is 0 Å². The Hall–Kier alpha value is -0.0800. The summed E-state index contributed by atoms with van der Waals surface area (Å²) >= 11 is 0. The molecule has 2 heteroatoms. The third-order valence-electron chi connectivity index (χ3n) is 4.03. The molecule has 0 aliphatic heterocycles. The molecule has 0 atom stereocenters. The van der Waals surface area contributed by atoms with Gasteiger partial charge in [0.05, 0.1) is 0 Å². The first-order chi connectivity index (χ1) is 8.38. The van der Waals surface area contributed by atoms with Crippen molar-refractivity contribution in [1.29, 1.82) is 0 Å². The molecule has 0 saturated heterocycles. The normalized spacial score (nSPS) is 17.1. The standard InChI is InChI=1S/C15H32N2/c1-3-5-6-9-12-16-13-14-17(4-2)15-10-7-8-11-15/h15-16H,3-14H2,1-2H3. The average Bonchev–Trinajstić information content (AvgIpc) is 2.86. The van der Waals surface area contributed by atoms with Gasteiger partial charge in [-0.05, 0) is 32.4 Å². The molecule has 1 rings (SSSR count). The molecule has 0 radical (unpaired) electrons. The Kier molecular flexibility index (Phi) is 8.72. The Morgan fingerprint density at radius 1 is 1.00 bits per heavy atom. The number of hydrogen-bond acceptors (Lipinski definition) is 2. The quantitative estimate of drug-likeness (QED) is 0.589. The Balaban J connectivity index is 1.96. The van der Waals surface area contributed by atoms with Crippen LogP contribution in [0.2, 0.25) is 0 Å². The highest BCUT2D eigenvalue weighted by Gasteiger charge is 2.20. The molecule has 0 aromatic rings. The van der Waals surface area contributed by atoms with Crippen molar-refractivity contribution in [2.75, 3.05) is 26.2 Å². The van der Waals surface area contributed by atoms with E-state index in [1.165, 1.54) is 77.5 Å². The lowest BCUT2D eigenvalue weighted by molar-refractivity contribution is 0.209. The molecule has 0 spiro atoms. The van der Waals surface area contributed by atoms with E-state index in [1.807, 2.05) is 0 Å². The Bertz CT molecular complexity index is 164. The first-order valence-corrected chi connectivity index (χ1v) is 7.83. The van der Waals surface area contributed by atoms with Crippen molar-refractivity contribution in [2.45, 2.75) is 71.3 Å². The van der Waals surface area contributed by atoms with E-state index in [9.17, 15) is 0 Å². The fraction of sp³-hybridized carbons (Fsp3) is 1.00. The largest absolute Gasteiger partial charge is 0.315 e. The smallest absolute Gasteiger partial charge is 0.0110 e. The lowest BCUT2D eigenvalue weighted by Crippen LogP contribution is -2.38. The van der Waals surface area contributed by atoms with Gasteiger partial charge in [-0.25, -0.2) is 0 Å². The van der Waals surface area contributed by atoms with Gasteiger partial charge in [0.25, 0.3) is 0 Å². The van der Waals surface area contributed by atoms with Crippen molar-refractivity contribution >= 4 is 0 Å². The predicted octanol–water partition coefficient (Wildman–Crippen LogP) is 3.42. The minimum absolute atomic E-state index is 0.891. The van der Waals surface area contributed by atoms with Crippen LogP contribution >= 0.6 is 0 Å². The summed E-state index contributed by atoms with van der Waals surface area (Å²) in [7, 11) is 0. The minimum Gasteiger partial charge on any atom is -0.315 e. The lowest BCUT2D eigenvalue weighted by Gasteiger charge is -2.27. The van der Waals surface area contributed by atoms with Crippen LogP contribution in [0.5, 0.6) is 0 Å². The maximum Gasteiger partial charge on any atom is 0.0110 e. The van der Waals surface area contributed by atoms with Gasteiger partial charge in [0, 0.05) is 19.1 Å². The van der Waals surface area contributed by atoms with Crippen molar-refractivity contribution in [3.8, 4) is 0 Å². The minimum atomic E-state index is 0.891. The third-order valence-corrected chi connectivity index (χ3v) is 4.03. The molecule has 1 fully saturated rings. The highest BCUT2D eigenvalue weighted by Crippen LogP contribution is 2.22. The van der Waals surface area contributed by atoms with E-state index in [1.54, 1.807) is 0 Å². The third kappa shape index (κ3) is 6.42. The molecule has 1 aliphatic carbocycles. The Morgan fingerprint density at radius 3 is 2.41 bits per heavy atom. The summed E-state index contributed by atoms with van der Waals surface area (Å²) in [5, 5.41) is 3.59. The molecule has 0 amide bonds. The molecule has 0 bridgehead atoms. The maximum atomic E-state index is 3.59. The Morgan fingerprint density at radius 2 is 1.76 bits per heavy atom. The van der Waals surface area contributed by atoms with Crippen molar-refractivity contribution in [1.82, 2.24) is 10.2 Å². The molecule has 0 heterocycles. The zero-order valence-electron chi connectivity index (χ0n) is 12.0. The van der Waals surface area contributed by atoms with Gasteiger partial charge in [0.15, 0.2) is 0 Å². The SMILES string of the molecule is CCCCCCNCCN(CC)C1CCCC1. The highest BCUT2D eigenvalue weighted by atomic mass is 15.2. The van der Waals surface area contributed by atoms with Crippen LogP contribution in [0.25, 0.3) is 0 Å². The average molecular weight is 240 g/mol. The van der Waals surface area contributed by atoms with E-state index in [-0.39, 0.29) is 0 Å². The number of nitrogens with zero attached hydrogens (tertiary/aromatic N) is 1. The van der Waals surface area contributed by atoms with Gasteiger partial charge >= 0.3 is 0 Å². The summed E-state index contributed by atoms with van der Waals surface area (Å²) in [5.74, 6) is 0. The molecule has 0 unspecified atom stereocenters. The number of hydrogen-bond donors (Lipinski definition) is 1. The van der Waals surface area contributed by atoms with Crippen LogP contribution in [0.1, 0.15) is 65.2 Å². The molecule has 0 aromatic heterocycles. The van der Waals surface area contributed by atoms with Crippen LogP contribution in [-0.2, 0) is 0 Å². The maximum absolute atomic E-state index is 3.59. The monoisotopic (exact) mass is 240 g/mol. The molecular formula is C15H32N2. The first kappa shape index (κ1) is 15.0. The summed E-state index contributed by atoms with van der Waals surface area (Å²) in [5.41, 5.74) is 0. The summed E-state index contributed by atoms with van der Waals surface area (Å²) in [6.07, 6.45) is 11.2. The molecule has 1 N–H and O–H groups in total. The highest BCUT2D eigenvalue weighted by molar-refractivity contribution is 4.77. The molecule has 0 aromatic carbocycles. The van der Waals surface area contributed by atoms with E-state index in [0.717, 1.165) is 6.04 Å². The van der Waals surface area contributed by atoms with Crippen LogP contribution in [0.4, 0.5) is 0 Å². The Labute approximate surface area is 108 Å². The summed E-state index contributed by atoms with van der Waals surface area (Å²) < 4.78 is 0.